The van der Waals surface area contributed by atoms with E-state index in [1.807, 2.05) is 13.8 Å². The van der Waals surface area contributed by atoms with Crippen molar-refractivity contribution in [3.63, 3.8) is 0 Å². The number of benzene rings is 1. The zero-order chi connectivity index (χ0) is 15.4. The molecular formula is C12H15ClN2O5. The van der Waals surface area contributed by atoms with Crippen molar-refractivity contribution >= 4 is 28.9 Å². The fourth-order valence-electron chi connectivity index (χ4n) is 1.62. The van der Waals surface area contributed by atoms with Crippen LogP contribution in [-0.2, 0) is 0 Å². The van der Waals surface area contributed by atoms with E-state index < -0.39 is 22.6 Å². The van der Waals surface area contributed by atoms with Crippen molar-refractivity contribution in [2.75, 3.05) is 11.9 Å². The Balaban J connectivity index is 3.31. The zero-order valence-electron chi connectivity index (χ0n) is 11.0. The lowest BCUT2D eigenvalue weighted by molar-refractivity contribution is -0.384. The van der Waals surface area contributed by atoms with E-state index >= 15 is 0 Å². The van der Waals surface area contributed by atoms with Crippen LogP contribution in [0.15, 0.2) is 12.1 Å². The molecular weight excluding hydrogens is 288 g/mol. The Hall–Kier alpha value is -1.86. The fraction of sp³-hybridized carbons (Fsp3) is 0.417. The number of aliphatic hydroxyl groups is 1. The number of aliphatic hydroxyl groups excluding tert-OH is 1. The summed E-state index contributed by atoms with van der Waals surface area (Å²) >= 11 is 5.92. The van der Waals surface area contributed by atoms with E-state index in [9.17, 15) is 20.0 Å². The van der Waals surface area contributed by atoms with Gasteiger partial charge in [0.25, 0.3) is 5.69 Å². The highest BCUT2D eigenvalue weighted by atomic mass is 35.5. The molecule has 0 fully saturated rings. The number of nitro benzene ring substituents is 1. The predicted molar refractivity (Wildman–Crippen MR) is 74.4 cm³/mol. The van der Waals surface area contributed by atoms with Crippen LogP contribution in [0.2, 0.25) is 5.02 Å². The lowest BCUT2D eigenvalue weighted by Gasteiger charge is -2.23. The van der Waals surface area contributed by atoms with Crippen LogP contribution in [0, 0.1) is 16.0 Å². The zero-order valence-corrected chi connectivity index (χ0v) is 11.7. The van der Waals surface area contributed by atoms with Crippen LogP contribution in [0.4, 0.5) is 11.4 Å². The number of carboxylic acids is 1. The van der Waals surface area contributed by atoms with Crippen molar-refractivity contribution in [3.05, 3.63) is 32.8 Å². The van der Waals surface area contributed by atoms with Gasteiger partial charge in [0.1, 0.15) is 0 Å². The number of halogens is 1. The Morgan fingerprint density at radius 3 is 2.50 bits per heavy atom. The quantitative estimate of drug-likeness (QED) is 0.549. The second-order valence-electron chi connectivity index (χ2n) is 4.59. The van der Waals surface area contributed by atoms with Crippen molar-refractivity contribution in [1.82, 2.24) is 0 Å². The van der Waals surface area contributed by atoms with Gasteiger partial charge in [-0.3, -0.25) is 10.1 Å². The van der Waals surface area contributed by atoms with Crippen molar-refractivity contribution in [3.8, 4) is 0 Å². The van der Waals surface area contributed by atoms with E-state index in [0.29, 0.717) is 0 Å². The van der Waals surface area contributed by atoms with Gasteiger partial charge in [-0.15, -0.1) is 0 Å². The fourth-order valence-corrected chi connectivity index (χ4v) is 1.89. The second-order valence-corrected chi connectivity index (χ2v) is 5.00. The molecule has 3 N–H and O–H groups in total. The van der Waals surface area contributed by atoms with E-state index in [0.717, 1.165) is 12.1 Å². The Bertz CT molecular complexity index is 533. The molecule has 0 aliphatic heterocycles. The van der Waals surface area contributed by atoms with Gasteiger partial charge in [-0.2, -0.15) is 0 Å². The third-order valence-corrected chi connectivity index (χ3v) is 3.15. The first kappa shape index (κ1) is 16.2. The summed E-state index contributed by atoms with van der Waals surface area (Å²) in [5.41, 5.74) is -0.635. The maximum Gasteiger partial charge on any atom is 0.338 e. The van der Waals surface area contributed by atoms with Crippen LogP contribution in [0.25, 0.3) is 0 Å². The Morgan fingerprint density at radius 1 is 1.50 bits per heavy atom. The van der Waals surface area contributed by atoms with Gasteiger partial charge in [0.15, 0.2) is 0 Å². The molecule has 1 aromatic rings. The molecule has 20 heavy (non-hydrogen) atoms. The molecule has 1 rings (SSSR count). The SMILES string of the molecule is CC(C)C(CO)Nc1c(Cl)cc([N+](=O)[O-])cc1C(=O)O. The van der Waals surface area contributed by atoms with E-state index in [1.165, 1.54) is 0 Å². The monoisotopic (exact) mass is 302 g/mol. The first-order valence-corrected chi connectivity index (χ1v) is 6.24. The van der Waals surface area contributed by atoms with Gasteiger partial charge in [0.2, 0.25) is 0 Å². The van der Waals surface area contributed by atoms with Crippen LogP contribution in [-0.4, -0.2) is 33.8 Å². The van der Waals surface area contributed by atoms with Crippen LogP contribution >= 0.6 is 11.6 Å². The van der Waals surface area contributed by atoms with Crippen molar-refractivity contribution in [2.45, 2.75) is 19.9 Å². The third-order valence-electron chi connectivity index (χ3n) is 2.85. The lowest BCUT2D eigenvalue weighted by Crippen LogP contribution is -2.30. The lowest BCUT2D eigenvalue weighted by atomic mass is 10.0. The molecule has 110 valence electrons. The Labute approximate surface area is 120 Å². The van der Waals surface area contributed by atoms with Crippen LogP contribution in [0.5, 0.6) is 0 Å². The standard InChI is InChI=1S/C12H15ClN2O5/c1-6(2)10(5-16)14-11-8(12(17)18)3-7(15(19)20)4-9(11)13/h3-4,6,10,14,16H,5H2,1-2H3,(H,17,18). The molecule has 0 aliphatic carbocycles. The Morgan fingerprint density at radius 2 is 2.10 bits per heavy atom. The van der Waals surface area contributed by atoms with E-state index in [-0.39, 0.29) is 28.8 Å². The van der Waals surface area contributed by atoms with Crippen molar-refractivity contribution in [2.24, 2.45) is 5.92 Å². The topological polar surface area (TPSA) is 113 Å². The smallest absolute Gasteiger partial charge is 0.338 e. The minimum Gasteiger partial charge on any atom is -0.478 e. The number of anilines is 1. The summed E-state index contributed by atoms with van der Waals surface area (Å²) in [7, 11) is 0. The van der Waals surface area contributed by atoms with E-state index in [2.05, 4.69) is 5.32 Å². The molecule has 0 amide bonds. The van der Waals surface area contributed by atoms with Gasteiger partial charge in [0, 0.05) is 12.1 Å². The third kappa shape index (κ3) is 3.58. The molecule has 0 heterocycles. The van der Waals surface area contributed by atoms with Gasteiger partial charge in [-0.05, 0) is 5.92 Å². The number of carboxylic acid groups (broad SMARTS) is 1. The number of rotatable bonds is 6. The van der Waals surface area contributed by atoms with Gasteiger partial charge in [0.05, 0.1) is 33.8 Å². The van der Waals surface area contributed by atoms with Crippen LogP contribution in [0.3, 0.4) is 0 Å². The molecule has 0 bridgehead atoms. The molecule has 1 atom stereocenters. The Kier molecular flexibility index (Phi) is 5.29. The maximum absolute atomic E-state index is 11.2. The predicted octanol–water partition coefficient (Wildman–Crippen LogP) is 2.38. The first-order chi connectivity index (χ1) is 9.27. The van der Waals surface area contributed by atoms with E-state index in [1.54, 1.807) is 0 Å². The highest BCUT2D eigenvalue weighted by Crippen LogP contribution is 2.32. The summed E-state index contributed by atoms with van der Waals surface area (Å²) in [4.78, 5) is 21.2. The number of nitrogens with one attached hydrogen (secondary N) is 1. The first-order valence-electron chi connectivity index (χ1n) is 5.86. The summed E-state index contributed by atoms with van der Waals surface area (Å²) in [5, 5.41) is 31.9. The van der Waals surface area contributed by atoms with Crippen molar-refractivity contribution < 1.29 is 19.9 Å². The molecule has 1 unspecified atom stereocenters. The summed E-state index contributed by atoms with van der Waals surface area (Å²) in [6, 6.07) is 1.60. The minimum absolute atomic E-state index is 0.0212. The molecule has 0 saturated carbocycles. The molecule has 0 saturated heterocycles. The molecule has 0 radical (unpaired) electrons. The normalized spacial score (nSPS) is 12.2. The van der Waals surface area contributed by atoms with Gasteiger partial charge >= 0.3 is 5.97 Å². The largest absolute Gasteiger partial charge is 0.478 e. The average molecular weight is 303 g/mol. The molecule has 7 nitrogen and oxygen atoms in total. The van der Waals surface area contributed by atoms with Crippen LogP contribution < -0.4 is 5.32 Å². The van der Waals surface area contributed by atoms with Gasteiger partial charge < -0.3 is 15.5 Å². The highest BCUT2D eigenvalue weighted by Gasteiger charge is 2.23. The average Bonchev–Trinajstić information content (AvgIpc) is 2.35. The number of nitro groups is 1. The molecule has 0 aromatic heterocycles. The number of hydrogen-bond donors (Lipinski definition) is 3. The number of aromatic carboxylic acids is 1. The maximum atomic E-state index is 11.2. The molecule has 0 spiro atoms. The van der Waals surface area contributed by atoms with Gasteiger partial charge in [-0.1, -0.05) is 25.4 Å². The number of non-ortho nitro benzene ring substituents is 1. The highest BCUT2D eigenvalue weighted by molar-refractivity contribution is 6.34. The minimum atomic E-state index is -1.33. The summed E-state index contributed by atoms with van der Waals surface area (Å²) in [6.07, 6.45) is 0. The second kappa shape index (κ2) is 6.53. The summed E-state index contributed by atoms with van der Waals surface area (Å²) < 4.78 is 0. The summed E-state index contributed by atoms with van der Waals surface area (Å²) in [5.74, 6) is -1.31. The van der Waals surface area contributed by atoms with E-state index in [4.69, 9.17) is 16.7 Å². The number of nitrogens with zero attached hydrogens (tertiary/aromatic N) is 1. The number of carbonyl (C=O) groups is 1. The number of hydrogen-bond acceptors (Lipinski definition) is 5. The molecule has 8 heteroatoms. The van der Waals surface area contributed by atoms with Crippen molar-refractivity contribution in [1.29, 1.82) is 0 Å². The summed E-state index contributed by atoms with van der Waals surface area (Å²) in [6.45, 7) is 3.46. The van der Waals surface area contributed by atoms with Crippen LogP contribution in [0.1, 0.15) is 24.2 Å². The molecule has 0 aliphatic rings. The molecule has 1 aromatic carbocycles. The van der Waals surface area contributed by atoms with Gasteiger partial charge in [-0.25, -0.2) is 4.79 Å².